The van der Waals surface area contributed by atoms with E-state index in [1.54, 1.807) is 0 Å². The van der Waals surface area contributed by atoms with E-state index in [9.17, 15) is 4.79 Å². The fourth-order valence-electron chi connectivity index (χ4n) is 3.54. The molecular weight excluding hydrogens is 236 g/mol. The van der Waals surface area contributed by atoms with Crippen molar-refractivity contribution < 1.29 is 4.79 Å². The molecule has 0 radical (unpaired) electrons. The zero-order valence-electron chi connectivity index (χ0n) is 11.0. The standard InChI is InChI=1S/C16H18N2O/c17-7-6-13-8-14-10-16(19)15(9-13)18(14)11-12-4-2-1-3-5-12/h1-5,13-15H,6,8-11H2/t13-,14+,15-/m1/s1. The molecule has 3 heteroatoms. The van der Waals surface area contributed by atoms with E-state index in [1.807, 2.05) is 18.2 Å². The second-order valence-electron chi connectivity index (χ2n) is 5.70. The number of carbonyl (C=O) groups is 1. The average molecular weight is 254 g/mol. The average Bonchev–Trinajstić information content (AvgIpc) is 2.59. The van der Waals surface area contributed by atoms with Gasteiger partial charge in [0.15, 0.2) is 5.78 Å². The van der Waals surface area contributed by atoms with Gasteiger partial charge in [0.05, 0.1) is 12.1 Å². The van der Waals surface area contributed by atoms with Gasteiger partial charge in [-0.2, -0.15) is 5.26 Å². The van der Waals surface area contributed by atoms with Crippen LogP contribution in [-0.4, -0.2) is 22.8 Å². The Labute approximate surface area is 113 Å². The number of Topliss-reactive ketones (excluding diaryl/α,β-unsaturated/α-hetero) is 1. The molecule has 1 aromatic rings. The molecule has 0 unspecified atom stereocenters. The van der Waals surface area contributed by atoms with Gasteiger partial charge in [0.25, 0.3) is 0 Å². The van der Waals surface area contributed by atoms with E-state index in [0.29, 0.717) is 30.6 Å². The van der Waals surface area contributed by atoms with Crippen LogP contribution < -0.4 is 0 Å². The Kier molecular flexibility index (Phi) is 3.35. The summed E-state index contributed by atoms with van der Waals surface area (Å²) in [6.07, 6.45) is 3.15. The van der Waals surface area contributed by atoms with Gasteiger partial charge in [0, 0.05) is 25.4 Å². The lowest BCUT2D eigenvalue weighted by Crippen LogP contribution is -2.43. The normalized spacial score (nSPS) is 30.3. The lowest BCUT2D eigenvalue weighted by atomic mass is 9.88. The van der Waals surface area contributed by atoms with Crippen LogP contribution in [0.3, 0.4) is 0 Å². The largest absolute Gasteiger partial charge is 0.298 e. The first-order valence-electron chi connectivity index (χ1n) is 6.97. The molecule has 0 amide bonds. The minimum atomic E-state index is 0.0531. The summed E-state index contributed by atoms with van der Waals surface area (Å²) in [6.45, 7) is 0.862. The molecule has 1 aromatic carbocycles. The number of rotatable bonds is 3. The summed E-state index contributed by atoms with van der Waals surface area (Å²) in [5.74, 6) is 0.792. The van der Waals surface area contributed by atoms with Crippen molar-refractivity contribution in [3.05, 3.63) is 35.9 Å². The smallest absolute Gasteiger partial charge is 0.151 e. The van der Waals surface area contributed by atoms with Gasteiger partial charge >= 0.3 is 0 Å². The maximum atomic E-state index is 12.1. The van der Waals surface area contributed by atoms with Gasteiger partial charge in [-0.3, -0.25) is 9.69 Å². The number of fused-ring (bicyclic) bond motifs is 2. The van der Waals surface area contributed by atoms with Crippen molar-refractivity contribution in [3.63, 3.8) is 0 Å². The van der Waals surface area contributed by atoms with Crippen molar-refractivity contribution in [1.29, 1.82) is 5.26 Å². The SMILES string of the molecule is N#CC[C@@H]1C[C@H]2CC(=O)[C@@H](C1)N2Cc1ccccc1. The molecule has 3 nitrogen and oxygen atoms in total. The molecule has 0 spiro atoms. The third-order valence-corrected chi connectivity index (χ3v) is 4.43. The van der Waals surface area contributed by atoms with Gasteiger partial charge < -0.3 is 0 Å². The molecule has 0 aromatic heterocycles. The van der Waals surface area contributed by atoms with Crippen molar-refractivity contribution in [3.8, 4) is 6.07 Å². The van der Waals surface area contributed by atoms with Crippen molar-refractivity contribution in [1.82, 2.24) is 4.90 Å². The van der Waals surface area contributed by atoms with Crippen molar-refractivity contribution in [2.75, 3.05) is 0 Å². The number of nitriles is 1. The van der Waals surface area contributed by atoms with Crippen molar-refractivity contribution in [2.45, 2.75) is 44.3 Å². The maximum Gasteiger partial charge on any atom is 0.151 e. The Morgan fingerprint density at radius 3 is 2.74 bits per heavy atom. The van der Waals surface area contributed by atoms with Crippen LogP contribution in [0.15, 0.2) is 30.3 Å². The molecule has 3 atom stereocenters. The first-order chi connectivity index (χ1) is 9.28. The van der Waals surface area contributed by atoms with Gasteiger partial charge in [-0.15, -0.1) is 0 Å². The zero-order valence-corrected chi connectivity index (χ0v) is 11.0. The van der Waals surface area contributed by atoms with Crippen LogP contribution in [0.2, 0.25) is 0 Å². The first kappa shape index (κ1) is 12.4. The summed E-state index contributed by atoms with van der Waals surface area (Å²) in [7, 11) is 0. The molecular formula is C16H18N2O. The lowest BCUT2D eigenvalue weighted by Gasteiger charge is -2.37. The molecule has 0 saturated carbocycles. The predicted octanol–water partition coefficient (Wildman–Crippen LogP) is 2.52. The molecule has 98 valence electrons. The number of hydrogen-bond donors (Lipinski definition) is 0. The summed E-state index contributed by atoms with van der Waals surface area (Å²) in [5.41, 5.74) is 1.27. The Morgan fingerprint density at radius 1 is 1.26 bits per heavy atom. The molecule has 2 aliphatic heterocycles. The van der Waals surface area contributed by atoms with Crippen molar-refractivity contribution in [2.24, 2.45) is 5.92 Å². The molecule has 2 saturated heterocycles. The number of carbonyl (C=O) groups excluding carboxylic acids is 1. The Hall–Kier alpha value is -1.66. The Bertz CT molecular complexity index is 505. The number of piperidine rings is 1. The Morgan fingerprint density at radius 2 is 2.05 bits per heavy atom. The van der Waals surface area contributed by atoms with Crippen LogP contribution in [-0.2, 0) is 11.3 Å². The zero-order chi connectivity index (χ0) is 13.2. The number of benzene rings is 1. The highest BCUT2D eigenvalue weighted by Crippen LogP contribution is 2.38. The van der Waals surface area contributed by atoms with E-state index < -0.39 is 0 Å². The second-order valence-corrected chi connectivity index (χ2v) is 5.70. The highest BCUT2D eigenvalue weighted by molar-refractivity contribution is 5.87. The van der Waals surface area contributed by atoms with Crippen LogP contribution in [0.4, 0.5) is 0 Å². The number of hydrogen-bond acceptors (Lipinski definition) is 3. The lowest BCUT2D eigenvalue weighted by molar-refractivity contribution is -0.120. The quantitative estimate of drug-likeness (QED) is 0.832. The van der Waals surface area contributed by atoms with E-state index in [2.05, 4.69) is 23.1 Å². The summed E-state index contributed by atoms with van der Waals surface area (Å²) in [4.78, 5) is 14.4. The molecule has 2 heterocycles. The summed E-state index contributed by atoms with van der Waals surface area (Å²) >= 11 is 0. The fourth-order valence-corrected chi connectivity index (χ4v) is 3.54. The summed E-state index contributed by atoms with van der Waals surface area (Å²) in [6, 6.07) is 13.0. The molecule has 3 rings (SSSR count). The topological polar surface area (TPSA) is 44.1 Å². The molecule has 2 aliphatic rings. The van der Waals surface area contributed by atoms with Crippen molar-refractivity contribution >= 4 is 5.78 Å². The van der Waals surface area contributed by atoms with Gasteiger partial charge in [0.2, 0.25) is 0 Å². The first-order valence-corrected chi connectivity index (χ1v) is 6.97. The maximum absolute atomic E-state index is 12.1. The molecule has 2 fully saturated rings. The molecule has 2 bridgehead atoms. The Balaban J connectivity index is 1.74. The highest BCUT2D eigenvalue weighted by atomic mass is 16.1. The van der Waals surface area contributed by atoms with Gasteiger partial charge in [-0.05, 0) is 24.3 Å². The van der Waals surface area contributed by atoms with Crippen LogP contribution in [0.5, 0.6) is 0 Å². The summed E-state index contributed by atoms with van der Waals surface area (Å²) < 4.78 is 0. The molecule has 0 N–H and O–H groups in total. The predicted molar refractivity (Wildman–Crippen MR) is 72.1 cm³/mol. The third-order valence-electron chi connectivity index (χ3n) is 4.43. The van der Waals surface area contributed by atoms with E-state index in [1.165, 1.54) is 5.56 Å². The van der Waals surface area contributed by atoms with Crippen LogP contribution in [0.25, 0.3) is 0 Å². The molecule has 0 aliphatic carbocycles. The number of ketones is 1. The van der Waals surface area contributed by atoms with E-state index in [0.717, 1.165) is 19.4 Å². The van der Waals surface area contributed by atoms with Gasteiger partial charge in [-0.1, -0.05) is 30.3 Å². The van der Waals surface area contributed by atoms with Gasteiger partial charge in [-0.25, -0.2) is 0 Å². The molecule has 19 heavy (non-hydrogen) atoms. The minimum absolute atomic E-state index is 0.0531. The van der Waals surface area contributed by atoms with Gasteiger partial charge in [0.1, 0.15) is 0 Å². The minimum Gasteiger partial charge on any atom is -0.298 e. The fraction of sp³-hybridized carbons (Fsp3) is 0.500. The monoisotopic (exact) mass is 254 g/mol. The van der Waals surface area contributed by atoms with Crippen LogP contribution in [0, 0.1) is 17.2 Å². The third kappa shape index (κ3) is 2.41. The highest BCUT2D eigenvalue weighted by Gasteiger charge is 2.45. The van der Waals surface area contributed by atoms with Crippen LogP contribution >= 0.6 is 0 Å². The van der Waals surface area contributed by atoms with Crippen LogP contribution in [0.1, 0.15) is 31.2 Å². The van der Waals surface area contributed by atoms with E-state index >= 15 is 0 Å². The summed E-state index contributed by atoms with van der Waals surface area (Å²) in [5, 5.41) is 8.83. The number of nitrogens with zero attached hydrogens (tertiary/aromatic N) is 2. The van der Waals surface area contributed by atoms with E-state index in [-0.39, 0.29) is 6.04 Å². The second kappa shape index (κ2) is 5.14. The van der Waals surface area contributed by atoms with E-state index in [4.69, 9.17) is 5.26 Å².